The lowest BCUT2D eigenvalue weighted by Gasteiger charge is -2.13. The van der Waals surface area contributed by atoms with Gasteiger partial charge in [0.05, 0.1) is 0 Å². The zero-order valence-corrected chi connectivity index (χ0v) is 8.58. The number of aromatic nitrogens is 1. The van der Waals surface area contributed by atoms with Crippen LogP contribution in [0.3, 0.4) is 0 Å². The third kappa shape index (κ3) is 1.88. The van der Waals surface area contributed by atoms with Crippen molar-refractivity contribution < 1.29 is 13.3 Å². The van der Waals surface area contributed by atoms with Gasteiger partial charge in [-0.05, 0) is 0 Å². The Balaban J connectivity index is 2.57. The van der Waals surface area contributed by atoms with E-state index in [1.54, 1.807) is 18.2 Å². The standard InChI is InChI=1S/C11H10F2N2O/c1-11(12,13)8-5-3-2-4-7(8)9-6-10(14)15-16-9/h2-6H,1H3,(H2,14,15). The molecule has 0 spiro atoms. The van der Waals surface area contributed by atoms with E-state index in [1.807, 2.05) is 0 Å². The SMILES string of the molecule is CC(F)(F)c1ccccc1-c1cc(N)no1. The van der Waals surface area contributed by atoms with E-state index in [0.29, 0.717) is 5.56 Å². The maximum absolute atomic E-state index is 13.3. The number of anilines is 1. The van der Waals surface area contributed by atoms with Gasteiger partial charge in [0.25, 0.3) is 5.92 Å². The van der Waals surface area contributed by atoms with Gasteiger partial charge in [-0.1, -0.05) is 29.4 Å². The van der Waals surface area contributed by atoms with E-state index in [-0.39, 0.29) is 17.1 Å². The molecule has 3 nitrogen and oxygen atoms in total. The second-order valence-corrected chi connectivity index (χ2v) is 3.55. The molecule has 0 unspecified atom stereocenters. The van der Waals surface area contributed by atoms with E-state index < -0.39 is 5.92 Å². The Morgan fingerprint density at radius 2 is 2.00 bits per heavy atom. The second-order valence-electron chi connectivity index (χ2n) is 3.55. The summed E-state index contributed by atoms with van der Waals surface area (Å²) in [5.74, 6) is -2.52. The molecule has 0 radical (unpaired) electrons. The van der Waals surface area contributed by atoms with Gasteiger partial charge in [0, 0.05) is 24.1 Å². The molecule has 0 aliphatic carbocycles. The van der Waals surface area contributed by atoms with Crippen LogP contribution >= 0.6 is 0 Å². The van der Waals surface area contributed by atoms with Crippen molar-refractivity contribution in [2.45, 2.75) is 12.8 Å². The molecule has 0 aliphatic rings. The number of benzene rings is 1. The molecule has 0 amide bonds. The highest BCUT2D eigenvalue weighted by Gasteiger charge is 2.28. The second kappa shape index (κ2) is 3.59. The fourth-order valence-electron chi connectivity index (χ4n) is 1.50. The Hall–Kier alpha value is -1.91. The summed E-state index contributed by atoms with van der Waals surface area (Å²) in [5, 5.41) is 3.47. The predicted molar refractivity (Wildman–Crippen MR) is 55.9 cm³/mol. The molecule has 1 aromatic carbocycles. The summed E-state index contributed by atoms with van der Waals surface area (Å²) in [4.78, 5) is 0. The average molecular weight is 224 g/mol. The minimum atomic E-state index is -2.93. The van der Waals surface area contributed by atoms with Gasteiger partial charge in [0.15, 0.2) is 11.6 Å². The Bertz CT molecular complexity index is 503. The van der Waals surface area contributed by atoms with Crippen LogP contribution in [0, 0.1) is 0 Å². The van der Waals surface area contributed by atoms with Gasteiger partial charge in [-0.3, -0.25) is 0 Å². The largest absolute Gasteiger partial charge is 0.381 e. The predicted octanol–water partition coefficient (Wildman–Crippen LogP) is 3.04. The molecule has 0 fully saturated rings. The molecule has 5 heteroatoms. The molecule has 2 aromatic rings. The van der Waals surface area contributed by atoms with E-state index in [4.69, 9.17) is 10.3 Å². The van der Waals surface area contributed by atoms with Crippen LogP contribution in [0.4, 0.5) is 14.6 Å². The van der Waals surface area contributed by atoms with Crippen molar-refractivity contribution in [1.82, 2.24) is 5.16 Å². The van der Waals surface area contributed by atoms with Gasteiger partial charge in [-0.15, -0.1) is 0 Å². The first-order valence-electron chi connectivity index (χ1n) is 4.68. The highest BCUT2D eigenvalue weighted by Crippen LogP contribution is 2.35. The normalized spacial score (nSPS) is 11.7. The molecular formula is C11H10F2N2O. The van der Waals surface area contributed by atoms with Crippen LogP contribution in [0.1, 0.15) is 12.5 Å². The summed E-state index contributed by atoms with van der Waals surface area (Å²) in [6, 6.07) is 7.53. The lowest BCUT2D eigenvalue weighted by atomic mass is 10.0. The fourth-order valence-corrected chi connectivity index (χ4v) is 1.50. The maximum atomic E-state index is 13.3. The van der Waals surface area contributed by atoms with Crippen LogP contribution < -0.4 is 5.73 Å². The average Bonchev–Trinajstić information content (AvgIpc) is 2.64. The highest BCUT2D eigenvalue weighted by atomic mass is 19.3. The molecule has 2 N–H and O–H groups in total. The van der Waals surface area contributed by atoms with E-state index in [0.717, 1.165) is 6.92 Å². The van der Waals surface area contributed by atoms with Crippen LogP contribution in [-0.4, -0.2) is 5.16 Å². The van der Waals surface area contributed by atoms with Gasteiger partial charge in [0.1, 0.15) is 0 Å². The van der Waals surface area contributed by atoms with E-state index >= 15 is 0 Å². The molecule has 0 bridgehead atoms. The van der Waals surface area contributed by atoms with E-state index in [9.17, 15) is 8.78 Å². The molecule has 0 atom stereocenters. The number of rotatable bonds is 2. The van der Waals surface area contributed by atoms with Gasteiger partial charge in [-0.2, -0.15) is 0 Å². The van der Waals surface area contributed by atoms with Crippen molar-refractivity contribution >= 4 is 5.82 Å². The summed E-state index contributed by atoms with van der Waals surface area (Å²) < 4.78 is 31.5. The van der Waals surface area contributed by atoms with Crippen molar-refractivity contribution in [3.05, 3.63) is 35.9 Å². The summed E-state index contributed by atoms with van der Waals surface area (Å²) in [6.07, 6.45) is 0. The minimum absolute atomic E-state index is 0.105. The van der Waals surface area contributed by atoms with Crippen molar-refractivity contribution in [2.24, 2.45) is 0 Å². The first-order chi connectivity index (χ1) is 7.48. The number of nitrogens with two attached hydrogens (primary N) is 1. The lowest BCUT2D eigenvalue weighted by molar-refractivity contribution is 0.0179. The molecule has 1 aromatic heterocycles. The number of hydrogen-bond acceptors (Lipinski definition) is 3. The number of nitrogen functional groups attached to an aromatic ring is 1. The minimum Gasteiger partial charge on any atom is -0.381 e. The van der Waals surface area contributed by atoms with Gasteiger partial charge >= 0.3 is 0 Å². The quantitative estimate of drug-likeness (QED) is 0.852. The Morgan fingerprint density at radius 3 is 2.56 bits per heavy atom. The highest BCUT2D eigenvalue weighted by molar-refractivity contribution is 5.65. The van der Waals surface area contributed by atoms with E-state index in [1.165, 1.54) is 12.1 Å². The number of alkyl halides is 2. The Labute approximate surface area is 90.9 Å². The van der Waals surface area contributed by atoms with Crippen molar-refractivity contribution in [1.29, 1.82) is 0 Å². The fraction of sp³-hybridized carbons (Fsp3) is 0.182. The summed E-state index contributed by atoms with van der Waals surface area (Å²) >= 11 is 0. The van der Waals surface area contributed by atoms with Gasteiger partial charge in [-0.25, -0.2) is 8.78 Å². The van der Waals surface area contributed by atoms with Crippen molar-refractivity contribution in [3.63, 3.8) is 0 Å². The molecule has 1 heterocycles. The summed E-state index contributed by atoms with van der Waals surface area (Å²) in [5.41, 5.74) is 5.58. The topological polar surface area (TPSA) is 52.0 Å². The lowest BCUT2D eigenvalue weighted by Crippen LogP contribution is -2.08. The Morgan fingerprint density at radius 1 is 1.31 bits per heavy atom. The molecular weight excluding hydrogens is 214 g/mol. The molecule has 0 saturated carbocycles. The summed E-state index contributed by atoms with van der Waals surface area (Å²) in [7, 11) is 0. The number of nitrogens with zero attached hydrogens (tertiary/aromatic N) is 1. The third-order valence-electron chi connectivity index (χ3n) is 2.19. The van der Waals surface area contributed by atoms with E-state index in [2.05, 4.69) is 5.16 Å². The first kappa shape index (κ1) is 10.6. The van der Waals surface area contributed by atoms with Crippen molar-refractivity contribution in [2.75, 3.05) is 5.73 Å². The zero-order valence-electron chi connectivity index (χ0n) is 8.58. The molecule has 84 valence electrons. The van der Waals surface area contributed by atoms with Crippen molar-refractivity contribution in [3.8, 4) is 11.3 Å². The van der Waals surface area contributed by atoms with Crippen LogP contribution in [0.2, 0.25) is 0 Å². The molecule has 0 aliphatic heterocycles. The van der Waals surface area contributed by atoms with Gasteiger partial charge in [0.2, 0.25) is 0 Å². The van der Waals surface area contributed by atoms with Gasteiger partial charge < -0.3 is 10.3 Å². The smallest absolute Gasteiger partial charge is 0.271 e. The Kier molecular flexibility index (Phi) is 2.38. The third-order valence-corrected chi connectivity index (χ3v) is 2.19. The summed E-state index contributed by atoms with van der Waals surface area (Å²) in [6.45, 7) is 0.839. The van der Waals surface area contributed by atoms with Crippen LogP contribution in [0.5, 0.6) is 0 Å². The molecule has 2 rings (SSSR count). The number of halogens is 2. The molecule has 0 saturated heterocycles. The maximum Gasteiger partial charge on any atom is 0.271 e. The van der Waals surface area contributed by atoms with Crippen LogP contribution in [0.15, 0.2) is 34.9 Å². The monoisotopic (exact) mass is 224 g/mol. The van der Waals surface area contributed by atoms with Crippen LogP contribution in [-0.2, 0) is 5.92 Å². The first-order valence-corrected chi connectivity index (χ1v) is 4.68. The van der Waals surface area contributed by atoms with Crippen LogP contribution in [0.25, 0.3) is 11.3 Å². The molecule has 16 heavy (non-hydrogen) atoms. The zero-order chi connectivity index (χ0) is 11.8. The number of hydrogen-bond donors (Lipinski definition) is 1.